The van der Waals surface area contributed by atoms with Crippen LogP contribution in [0.3, 0.4) is 0 Å². The van der Waals surface area contributed by atoms with E-state index in [2.05, 4.69) is 57.1 Å². The summed E-state index contributed by atoms with van der Waals surface area (Å²) in [6, 6.07) is 0. The Morgan fingerprint density at radius 2 is 1.08 bits per heavy atom. The minimum absolute atomic E-state index is 0.00911. The van der Waals surface area contributed by atoms with Crippen LogP contribution in [0.2, 0.25) is 0 Å². The highest BCUT2D eigenvalue weighted by atomic mass is 16.5. The average Bonchev–Trinajstić information content (AvgIpc) is 2.87. The lowest BCUT2D eigenvalue weighted by Crippen LogP contribution is -2.20. The van der Waals surface area contributed by atoms with Crippen LogP contribution in [-0.4, -0.2) is 37.6 Å². The molecular weight excluding hydrogens is 454 g/mol. The Labute approximate surface area is 232 Å². The van der Waals surface area contributed by atoms with Crippen LogP contribution < -0.4 is 0 Å². The summed E-state index contributed by atoms with van der Waals surface area (Å²) in [7, 11) is 4.11. The van der Waals surface area contributed by atoms with Crippen LogP contribution in [0.25, 0.3) is 0 Å². The molecule has 0 aliphatic carbocycles. The Morgan fingerprint density at radius 3 is 1.62 bits per heavy atom. The quantitative estimate of drug-likeness (QED) is 0.0585. The summed E-state index contributed by atoms with van der Waals surface area (Å²) in [4.78, 5) is 14.5. The van der Waals surface area contributed by atoms with Crippen molar-refractivity contribution in [3.8, 4) is 0 Å². The van der Waals surface area contributed by atoms with Gasteiger partial charge in [0.15, 0.2) is 0 Å². The highest BCUT2D eigenvalue weighted by Crippen LogP contribution is 2.18. The van der Waals surface area contributed by atoms with Gasteiger partial charge in [0.2, 0.25) is 0 Å². The normalized spacial score (nSPS) is 12.8. The third-order valence-corrected chi connectivity index (χ3v) is 7.14. The zero-order chi connectivity index (χ0) is 27.2. The zero-order valence-electron chi connectivity index (χ0n) is 25.6. The zero-order valence-corrected chi connectivity index (χ0v) is 25.6. The van der Waals surface area contributed by atoms with E-state index in [1.807, 2.05) is 0 Å². The smallest absolute Gasteiger partial charge is 0.306 e. The fourth-order valence-corrected chi connectivity index (χ4v) is 4.74. The topological polar surface area (TPSA) is 29.5 Å². The molecular formula is C34H65NO2. The standard InChI is InChI=1S/C34H65NO2/c1-5-7-9-11-13-14-15-16-17-18-19-20-21-23-25-27-30-33(29-26-24-22-12-10-8-6-2)37-34(36)31-28-32-35(3)4/h13-14,16-17,33H,5-12,15,18-32H2,1-4H3/b14-13-,17-16-. The van der Waals surface area contributed by atoms with Crippen molar-refractivity contribution in [2.24, 2.45) is 0 Å². The molecule has 37 heavy (non-hydrogen) atoms. The van der Waals surface area contributed by atoms with Crippen molar-refractivity contribution in [1.29, 1.82) is 0 Å². The molecule has 0 aliphatic rings. The van der Waals surface area contributed by atoms with Crippen LogP contribution >= 0.6 is 0 Å². The Kier molecular flexibility index (Phi) is 28.6. The van der Waals surface area contributed by atoms with Crippen LogP contribution in [0, 0.1) is 0 Å². The Bertz CT molecular complexity index is 526. The molecule has 3 heteroatoms. The van der Waals surface area contributed by atoms with Crippen molar-refractivity contribution in [2.45, 2.75) is 168 Å². The number of hydrogen-bond acceptors (Lipinski definition) is 3. The molecule has 3 nitrogen and oxygen atoms in total. The summed E-state index contributed by atoms with van der Waals surface area (Å²) in [6.07, 6.45) is 37.5. The third-order valence-electron chi connectivity index (χ3n) is 7.14. The van der Waals surface area contributed by atoms with Gasteiger partial charge in [0.1, 0.15) is 6.10 Å². The minimum atomic E-state index is 0.00911. The Hall–Kier alpha value is -1.09. The van der Waals surface area contributed by atoms with E-state index in [1.54, 1.807) is 0 Å². The Morgan fingerprint density at radius 1 is 0.622 bits per heavy atom. The molecule has 0 saturated heterocycles. The largest absolute Gasteiger partial charge is 0.462 e. The highest BCUT2D eigenvalue weighted by Gasteiger charge is 2.14. The Balaban J connectivity index is 3.94. The van der Waals surface area contributed by atoms with E-state index < -0.39 is 0 Å². The number of hydrogen-bond donors (Lipinski definition) is 0. The van der Waals surface area contributed by atoms with Gasteiger partial charge in [-0.1, -0.05) is 115 Å². The summed E-state index contributed by atoms with van der Waals surface area (Å²) in [6.45, 7) is 5.48. The van der Waals surface area contributed by atoms with Crippen LogP contribution in [0.5, 0.6) is 0 Å². The number of carbonyl (C=O) groups excluding carboxylic acids is 1. The predicted molar refractivity (Wildman–Crippen MR) is 164 cm³/mol. The monoisotopic (exact) mass is 520 g/mol. The molecule has 0 aliphatic heterocycles. The van der Waals surface area contributed by atoms with Gasteiger partial charge in [0.05, 0.1) is 0 Å². The predicted octanol–water partition coefficient (Wildman–Crippen LogP) is 10.6. The lowest BCUT2D eigenvalue weighted by atomic mass is 10.0. The maximum Gasteiger partial charge on any atom is 0.306 e. The molecule has 0 aromatic carbocycles. The fraction of sp³-hybridized carbons (Fsp3) is 0.853. The van der Waals surface area contributed by atoms with E-state index in [0.29, 0.717) is 6.42 Å². The number of carbonyl (C=O) groups is 1. The van der Waals surface area contributed by atoms with Gasteiger partial charge in [-0.3, -0.25) is 4.79 Å². The van der Waals surface area contributed by atoms with E-state index in [1.165, 1.54) is 116 Å². The van der Waals surface area contributed by atoms with Crippen molar-refractivity contribution in [3.63, 3.8) is 0 Å². The SMILES string of the molecule is CCCCC/C=C\C/C=C\CCCCCCCCC(CCCCCCCCC)OC(=O)CCCN(C)C. The van der Waals surface area contributed by atoms with E-state index >= 15 is 0 Å². The van der Waals surface area contributed by atoms with Crippen LogP contribution in [0.15, 0.2) is 24.3 Å². The van der Waals surface area contributed by atoms with Gasteiger partial charge in [-0.15, -0.1) is 0 Å². The molecule has 0 heterocycles. The van der Waals surface area contributed by atoms with Gasteiger partial charge in [-0.05, 0) is 84.8 Å². The van der Waals surface area contributed by atoms with Gasteiger partial charge in [0.25, 0.3) is 0 Å². The molecule has 0 aromatic rings. The summed E-state index contributed by atoms with van der Waals surface area (Å²) in [5.41, 5.74) is 0. The lowest BCUT2D eigenvalue weighted by Gasteiger charge is -2.18. The van der Waals surface area contributed by atoms with Gasteiger partial charge in [-0.2, -0.15) is 0 Å². The van der Waals surface area contributed by atoms with Crippen LogP contribution in [-0.2, 0) is 9.53 Å². The van der Waals surface area contributed by atoms with E-state index in [9.17, 15) is 4.79 Å². The third kappa shape index (κ3) is 29.3. The number of rotatable bonds is 28. The van der Waals surface area contributed by atoms with Gasteiger partial charge in [0, 0.05) is 6.42 Å². The first kappa shape index (κ1) is 35.9. The van der Waals surface area contributed by atoms with Crippen molar-refractivity contribution in [1.82, 2.24) is 4.90 Å². The minimum Gasteiger partial charge on any atom is -0.462 e. The van der Waals surface area contributed by atoms with Crippen molar-refractivity contribution in [3.05, 3.63) is 24.3 Å². The number of ether oxygens (including phenoxy) is 1. The first-order valence-corrected chi connectivity index (χ1v) is 16.2. The van der Waals surface area contributed by atoms with Crippen molar-refractivity contribution < 1.29 is 9.53 Å². The first-order valence-electron chi connectivity index (χ1n) is 16.2. The number of allylic oxidation sites excluding steroid dienone is 4. The molecule has 0 amide bonds. The first-order chi connectivity index (χ1) is 18.1. The molecule has 0 radical (unpaired) electrons. The summed E-state index contributed by atoms with van der Waals surface area (Å²) >= 11 is 0. The summed E-state index contributed by atoms with van der Waals surface area (Å²) in [5.74, 6) is 0.00911. The maximum atomic E-state index is 12.4. The van der Waals surface area contributed by atoms with E-state index in [4.69, 9.17) is 4.74 Å². The molecule has 1 unspecified atom stereocenters. The number of nitrogens with zero attached hydrogens (tertiary/aromatic N) is 1. The molecule has 0 rings (SSSR count). The summed E-state index contributed by atoms with van der Waals surface area (Å²) < 4.78 is 5.93. The van der Waals surface area contributed by atoms with Crippen LogP contribution in [0.4, 0.5) is 0 Å². The highest BCUT2D eigenvalue weighted by molar-refractivity contribution is 5.69. The molecule has 218 valence electrons. The lowest BCUT2D eigenvalue weighted by molar-refractivity contribution is -0.150. The molecule has 0 fully saturated rings. The fourth-order valence-electron chi connectivity index (χ4n) is 4.74. The van der Waals surface area contributed by atoms with Crippen molar-refractivity contribution >= 4 is 5.97 Å². The molecule has 1 atom stereocenters. The molecule has 0 aromatic heterocycles. The second-order valence-corrected chi connectivity index (χ2v) is 11.3. The number of unbranched alkanes of at least 4 members (excludes halogenated alkanes) is 15. The van der Waals surface area contributed by atoms with Gasteiger partial charge < -0.3 is 9.64 Å². The van der Waals surface area contributed by atoms with E-state index in [-0.39, 0.29) is 12.1 Å². The van der Waals surface area contributed by atoms with Crippen molar-refractivity contribution in [2.75, 3.05) is 20.6 Å². The maximum absolute atomic E-state index is 12.4. The number of esters is 1. The molecule has 0 N–H and O–H groups in total. The van der Waals surface area contributed by atoms with Crippen LogP contribution in [0.1, 0.15) is 162 Å². The molecule has 0 bridgehead atoms. The summed E-state index contributed by atoms with van der Waals surface area (Å²) in [5, 5.41) is 0. The average molecular weight is 520 g/mol. The molecule has 0 spiro atoms. The van der Waals surface area contributed by atoms with Gasteiger partial charge >= 0.3 is 5.97 Å². The second kappa shape index (κ2) is 29.5. The second-order valence-electron chi connectivity index (χ2n) is 11.3. The molecule has 0 saturated carbocycles. The van der Waals surface area contributed by atoms with E-state index in [0.717, 1.165) is 32.2 Å². The van der Waals surface area contributed by atoms with Gasteiger partial charge in [-0.25, -0.2) is 0 Å².